The van der Waals surface area contributed by atoms with Gasteiger partial charge in [0.1, 0.15) is 12.2 Å². The van der Waals surface area contributed by atoms with Gasteiger partial charge < -0.3 is 18.9 Å². The lowest BCUT2D eigenvalue weighted by Gasteiger charge is -2.44. The Labute approximate surface area is 166 Å². The van der Waals surface area contributed by atoms with Crippen LogP contribution in [-0.4, -0.2) is 36.5 Å². The molecule has 1 fully saturated rings. The summed E-state index contributed by atoms with van der Waals surface area (Å²) < 4.78 is 24.0. The van der Waals surface area contributed by atoms with Crippen molar-refractivity contribution in [3.05, 3.63) is 71.8 Å². The number of carbonyl (C=O) groups excluding carboxylic acids is 1. The SMILES string of the molecule is CC(=O)O[C@@H]1C(OCc2ccccc2)[C@@H](OCc2ccccc2)C(C)O[C@H]1C. The zero-order valence-electron chi connectivity index (χ0n) is 16.6. The van der Waals surface area contributed by atoms with E-state index in [1.807, 2.05) is 74.5 Å². The number of benzene rings is 2. The average molecular weight is 384 g/mol. The van der Waals surface area contributed by atoms with Crippen LogP contribution in [0.5, 0.6) is 0 Å². The molecule has 0 N–H and O–H groups in total. The van der Waals surface area contributed by atoms with E-state index >= 15 is 0 Å². The normalized spacial score (nSPS) is 27.3. The Kier molecular flexibility index (Phi) is 7.20. The van der Waals surface area contributed by atoms with E-state index < -0.39 is 12.2 Å². The Morgan fingerprint density at radius 2 is 1.25 bits per heavy atom. The molecular weight excluding hydrogens is 356 g/mol. The molecule has 1 aliphatic heterocycles. The molecule has 28 heavy (non-hydrogen) atoms. The molecule has 0 aromatic heterocycles. The molecule has 5 heteroatoms. The van der Waals surface area contributed by atoms with Gasteiger partial charge in [-0.3, -0.25) is 4.79 Å². The molecule has 0 amide bonds. The van der Waals surface area contributed by atoms with E-state index in [1.165, 1.54) is 6.92 Å². The first-order chi connectivity index (χ1) is 13.5. The molecule has 1 saturated heterocycles. The van der Waals surface area contributed by atoms with E-state index in [-0.39, 0.29) is 24.3 Å². The number of hydrogen-bond donors (Lipinski definition) is 0. The van der Waals surface area contributed by atoms with Crippen molar-refractivity contribution >= 4 is 5.97 Å². The number of hydrogen-bond acceptors (Lipinski definition) is 5. The highest BCUT2D eigenvalue weighted by molar-refractivity contribution is 5.66. The minimum absolute atomic E-state index is 0.189. The Morgan fingerprint density at radius 1 is 0.786 bits per heavy atom. The lowest BCUT2D eigenvalue weighted by molar-refractivity contribution is -0.251. The van der Waals surface area contributed by atoms with Crippen LogP contribution >= 0.6 is 0 Å². The Bertz CT molecular complexity index is 733. The van der Waals surface area contributed by atoms with Gasteiger partial charge in [0.15, 0.2) is 6.10 Å². The standard InChI is InChI=1S/C23H28O5/c1-16-21(25-14-19-10-6-4-7-11-19)23(22(17(2)27-16)28-18(3)24)26-15-20-12-8-5-9-13-20/h4-13,16-17,21-23H,14-15H2,1-3H3/t16?,17-,21-,22-,23?/m0/s1. The highest BCUT2D eigenvalue weighted by Crippen LogP contribution is 2.29. The van der Waals surface area contributed by atoms with Gasteiger partial charge in [0.05, 0.1) is 25.4 Å². The Morgan fingerprint density at radius 3 is 1.75 bits per heavy atom. The zero-order valence-corrected chi connectivity index (χ0v) is 16.6. The second-order valence-electron chi connectivity index (χ2n) is 7.14. The predicted molar refractivity (Wildman–Crippen MR) is 106 cm³/mol. The summed E-state index contributed by atoms with van der Waals surface area (Å²) in [6.45, 7) is 6.11. The summed E-state index contributed by atoms with van der Waals surface area (Å²) in [6.07, 6.45) is -1.78. The second-order valence-corrected chi connectivity index (χ2v) is 7.14. The summed E-state index contributed by atoms with van der Waals surface area (Å²) in [5.74, 6) is -0.356. The molecule has 5 atom stereocenters. The van der Waals surface area contributed by atoms with Gasteiger partial charge >= 0.3 is 5.97 Å². The van der Waals surface area contributed by atoms with E-state index in [0.717, 1.165) is 11.1 Å². The predicted octanol–water partition coefficient (Wildman–Crippen LogP) is 3.90. The summed E-state index contributed by atoms with van der Waals surface area (Å²) in [6, 6.07) is 19.9. The van der Waals surface area contributed by atoms with Gasteiger partial charge in [-0.25, -0.2) is 0 Å². The highest BCUT2D eigenvalue weighted by atomic mass is 16.6. The van der Waals surface area contributed by atoms with Crippen LogP contribution in [0.2, 0.25) is 0 Å². The van der Waals surface area contributed by atoms with Crippen molar-refractivity contribution in [2.24, 2.45) is 0 Å². The third kappa shape index (κ3) is 5.41. The van der Waals surface area contributed by atoms with Gasteiger partial charge in [0.25, 0.3) is 0 Å². The van der Waals surface area contributed by atoms with Crippen molar-refractivity contribution in [1.29, 1.82) is 0 Å². The number of esters is 1. The first kappa shape index (κ1) is 20.5. The van der Waals surface area contributed by atoms with E-state index in [1.54, 1.807) is 0 Å². The minimum Gasteiger partial charge on any atom is -0.457 e. The van der Waals surface area contributed by atoms with Gasteiger partial charge in [-0.05, 0) is 25.0 Å². The van der Waals surface area contributed by atoms with Crippen LogP contribution in [0.1, 0.15) is 31.9 Å². The maximum Gasteiger partial charge on any atom is 0.303 e. The van der Waals surface area contributed by atoms with Crippen LogP contribution in [0, 0.1) is 0 Å². The van der Waals surface area contributed by atoms with Crippen LogP contribution in [0.15, 0.2) is 60.7 Å². The molecule has 1 aliphatic rings. The lowest BCUT2D eigenvalue weighted by atomic mass is 9.95. The second kappa shape index (κ2) is 9.82. The molecule has 3 rings (SSSR count). The molecular formula is C23H28O5. The van der Waals surface area contributed by atoms with Crippen LogP contribution in [-0.2, 0) is 37.0 Å². The molecule has 2 aromatic rings. The summed E-state index contributed by atoms with van der Waals surface area (Å²) in [5.41, 5.74) is 2.12. The van der Waals surface area contributed by atoms with Gasteiger partial charge in [0, 0.05) is 6.92 Å². The van der Waals surface area contributed by atoms with Crippen molar-refractivity contribution in [2.45, 2.75) is 64.5 Å². The molecule has 0 aliphatic carbocycles. The topological polar surface area (TPSA) is 54.0 Å². The van der Waals surface area contributed by atoms with Gasteiger partial charge in [-0.15, -0.1) is 0 Å². The van der Waals surface area contributed by atoms with E-state index in [2.05, 4.69) is 0 Å². The van der Waals surface area contributed by atoms with E-state index in [0.29, 0.717) is 13.2 Å². The first-order valence-electron chi connectivity index (χ1n) is 9.68. The number of carbonyl (C=O) groups is 1. The molecule has 0 bridgehead atoms. The Hall–Kier alpha value is -2.21. The monoisotopic (exact) mass is 384 g/mol. The third-order valence-corrected chi connectivity index (χ3v) is 4.87. The van der Waals surface area contributed by atoms with Crippen molar-refractivity contribution in [1.82, 2.24) is 0 Å². The van der Waals surface area contributed by atoms with Gasteiger partial charge in [-0.1, -0.05) is 60.7 Å². The fourth-order valence-electron chi connectivity index (χ4n) is 3.52. The van der Waals surface area contributed by atoms with Crippen LogP contribution < -0.4 is 0 Å². The molecule has 2 aromatic carbocycles. The summed E-state index contributed by atoms with van der Waals surface area (Å²) >= 11 is 0. The fourth-order valence-corrected chi connectivity index (χ4v) is 3.52. The van der Waals surface area contributed by atoms with Crippen LogP contribution in [0.4, 0.5) is 0 Å². The molecule has 5 nitrogen and oxygen atoms in total. The molecule has 150 valence electrons. The number of ether oxygens (including phenoxy) is 4. The van der Waals surface area contributed by atoms with Crippen LogP contribution in [0.25, 0.3) is 0 Å². The highest BCUT2D eigenvalue weighted by Gasteiger charge is 2.46. The molecule has 1 heterocycles. The largest absolute Gasteiger partial charge is 0.457 e. The maximum atomic E-state index is 11.7. The fraction of sp³-hybridized carbons (Fsp3) is 0.435. The first-order valence-corrected chi connectivity index (χ1v) is 9.68. The van der Waals surface area contributed by atoms with Crippen molar-refractivity contribution < 1.29 is 23.7 Å². The smallest absolute Gasteiger partial charge is 0.303 e. The summed E-state index contributed by atoms with van der Waals surface area (Å²) in [4.78, 5) is 11.7. The van der Waals surface area contributed by atoms with E-state index in [9.17, 15) is 4.79 Å². The minimum atomic E-state index is -0.529. The molecule has 0 radical (unpaired) electrons. The van der Waals surface area contributed by atoms with Crippen molar-refractivity contribution in [2.75, 3.05) is 0 Å². The Balaban J connectivity index is 1.76. The lowest BCUT2D eigenvalue weighted by Crippen LogP contribution is -2.58. The van der Waals surface area contributed by atoms with E-state index in [4.69, 9.17) is 18.9 Å². The van der Waals surface area contributed by atoms with Gasteiger partial charge in [-0.2, -0.15) is 0 Å². The van der Waals surface area contributed by atoms with Crippen molar-refractivity contribution in [3.63, 3.8) is 0 Å². The van der Waals surface area contributed by atoms with Gasteiger partial charge in [0.2, 0.25) is 0 Å². The zero-order chi connectivity index (χ0) is 19.9. The molecule has 2 unspecified atom stereocenters. The maximum absolute atomic E-state index is 11.7. The average Bonchev–Trinajstić information content (AvgIpc) is 2.69. The number of rotatable bonds is 7. The summed E-state index contributed by atoms with van der Waals surface area (Å²) in [5, 5.41) is 0. The van der Waals surface area contributed by atoms with Crippen LogP contribution in [0.3, 0.4) is 0 Å². The molecule has 0 spiro atoms. The third-order valence-electron chi connectivity index (χ3n) is 4.87. The summed E-state index contributed by atoms with van der Waals surface area (Å²) in [7, 11) is 0. The quantitative estimate of drug-likeness (QED) is 0.678. The van der Waals surface area contributed by atoms with Crippen molar-refractivity contribution in [3.8, 4) is 0 Å². The molecule has 0 saturated carbocycles.